The fourth-order valence-corrected chi connectivity index (χ4v) is 5.10. The van der Waals surface area contributed by atoms with Crippen LogP contribution in [-0.2, 0) is 4.79 Å². The van der Waals surface area contributed by atoms with Gasteiger partial charge in [0.1, 0.15) is 18.5 Å². The molecule has 9 heteroatoms. The summed E-state index contributed by atoms with van der Waals surface area (Å²) in [5, 5.41) is 14.8. The second kappa shape index (κ2) is 11.3. The van der Waals surface area contributed by atoms with Gasteiger partial charge >= 0.3 is 0 Å². The maximum absolute atomic E-state index is 13.1. The van der Waals surface area contributed by atoms with Gasteiger partial charge in [-0.2, -0.15) is 0 Å². The number of hydrogen-bond donors (Lipinski definition) is 2. The fraction of sp³-hybridized carbons (Fsp3) is 0.345. The van der Waals surface area contributed by atoms with E-state index in [1.807, 2.05) is 24.3 Å². The van der Waals surface area contributed by atoms with Crippen molar-refractivity contribution in [2.75, 3.05) is 57.7 Å². The number of nitrogens with one attached hydrogen (secondary N) is 1. The zero-order chi connectivity index (χ0) is 26.6. The quantitative estimate of drug-likeness (QED) is 0.421. The van der Waals surface area contributed by atoms with E-state index in [1.165, 1.54) is 11.8 Å². The summed E-state index contributed by atoms with van der Waals surface area (Å²) in [4.78, 5) is 43.1. The Balaban J connectivity index is 1.06. The number of carbonyl (C=O) groups excluding carboxylic acids is 3. The summed E-state index contributed by atoms with van der Waals surface area (Å²) in [6, 6.07) is 18.2. The lowest BCUT2D eigenvalue weighted by molar-refractivity contribution is -0.114. The Morgan fingerprint density at radius 3 is 2.11 bits per heavy atom. The molecule has 38 heavy (non-hydrogen) atoms. The maximum atomic E-state index is 13.1. The number of amides is 3. The first kappa shape index (κ1) is 25.8. The van der Waals surface area contributed by atoms with Crippen LogP contribution in [0.3, 0.4) is 0 Å². The Morgan fingerprint density at radius 1 is 0.895 bits per heavy atom. The molecular weight excluding hydrogens is 484 g/mol. The molecule has 2 aliphatic rings. The Hall–Kier alpha value is -3.79. The molecule has 0 bridgehead atoms. The molecule has 3 aromatic carbocycles. The predicted octanol–water partition coefficient (Wildman–Crippen LogP) is 2.45. The topological polar surface area (TPSA) is 102 Å². The van der Waals surface area contributed by atoms with Gasteiger partial charge in [0.2, 0.25) is 5.91 Å². The lowest BCUT2D eigenvalue weighted by Gasteiger charge is -2.36. The van der Waals surface area contributed by atoms with Crippen LogP contribution in [0, 0.1) is 0 Å². The minimum Gasteiger partial charge on any atom is -0.491 e. The van der Waals surface area contributed by atoms with Crippen LogP contribution in [0.15, 0.2) is 60.7 Å². The van der Waals surface area contributed by atoms with E-state index in [0.717, 1.165) is 37.0 Å². The number of hydrogen-bond acceptors (Lipinski definition) is 7. The average Bonchev–Trinajstić information content (AvgIpc) is 2.92. The van der Waals surface area contributed by atoms with E-state index in [-0.39, 0.29) is 24.3 Å². The van der Waals surface area contributed by atoms with E-state index in [2.05, 4.69) is 15.1 Å². The minimum atomic E-state index is -0.636. The first-order valence-corrected chi connectivity index (χ1v) is 12.9. The monoisotopic (exact) mass is 516 g/mol. The number of aliphatic hydroxyl groups is 1. The highest BCUT2D eigenvalue weighted by molar-refractivity contribution is 6.25. The van der Waals surface area contributed by atoms with Gasteiger partial charge in [0, 0.05) is 74.9 Å². The normalized spacial score (nSPS) is 17.1. The summed E-state index contributed by atoms with van der Waals surface area (Å²) in [6.07, 6.45) is -0.636. The third kappa shape index (κ3) is 5.70. The highest BCUT2D eigenvalue weighted by Crippen LogP contribution is 2.29. The van der Waals surface area contributed by atoms with Crippen LogP contribution >= 0.6 is 0 Å². The summed E-state index contributed by atoms with van der Waals surface area (Å²) >= 11 is 0. The van der Waals surface area contributed by atoms with Gasteiger partial charge in [-0.25, -0.2) is 0 Å². The van der Waals surface area contributed by atoms with E-state index >= 15 is 0 Å². The third-order valence-corrected chi connectivity index (χ3v) is 7.05. The van der Waals surface area contributed by atoms with Crippen molar-refractivity contribution in [3.8, 4) is 5.75 Å². The van der Waals surface area contributed by atoms with Gasteiger partial charge in [0.15, 0.2) is 0 Å². The zero-order valence-corrected chi connectivity index (χ0v) is 21.4. The van der Waals surface area contributed by atoms with Crippen LogP contribution in [0.5, 0.6) is 5.75 Å². The second-order valence-corrected chi connectivity index (χ2v) is 9.78. The molecule has 198 valence electrons. The first-order valence-electron chi connectivity index (χ1n) is 12.9. The number of carbonyl (C=O) groups is 3. The zero-order valence-electron chi connectivity index (χ0n) is 21.4. The van der Waals surface area contributed by atoms with Gasteiger partial charge in [-0.1, -0.05) is 24.3 Å². The molecule has 1 saturated heterocycles. The Labute approximate surface area is 221 Å². The molecule has 5 rings (SSSR count). The standard InChI is InChI=1S/C29H32N4O5/c1-20(34)30-22-8-10-24(11-9-22)38-19-23(35)18-32-14-12-31(13-15-32)16-17-33-28(36)25-6-2-4-21-5-3-7-26(27(21)25)29(33)37/h2-11,23,35H,12-19H2,1H3,(H,30,34)/t23-/m1/s1. The summed E-state index contributed by atoms with van der Waals surface area (Å²) in [5.41, 5.74) is 1.87. The van der Waals surface area contributed by atoms with Crippen LogP contribution < -0.4 is 10.1 Å². The van der Waals surface area contributed by atoms with Gasteiger partial charge < -0.3 is 15.2 Å². The molecule has 3 amide bonds. The van der Waals surface area contributed by atoms with E-state index in [1.54, 1.807) is 36.4 Å². The molecule has 2 heterocycles. The molecule has 0 radical (unpaired) electrons. The predicted molar refractivity (Wildman–Crippen MR) is 144 cm³/mol. The summed E-state index contributed by atoms with van der Waals surface area (Å²) < 4.78 is 5.69. The lowest BCUT2D eigenvalue weighted by Crippen LogP contribution is -2.51. The van der Waals surface area contributed by atoms with E-state index in [9.17, 15) is 19.5 Å². The number of benzene rings is 3. The average molecular weight is 517 g/mol. The number of nitrogens with zero attached hydrogens (tertiary/aromatic N) is 3. The van der Waals surface area contributed by atoms with Crippen LogP contribution in [-0.4, -0.2) is 96.1 Å². The fourth-order valence-electron chi connectivity index (χ4n) is 5.10. The molecule has 1 fully saturated rings. The molecule has 0 aromatic heterocycles. The van der Waals surface area contributed by atoms with Crippen molar-refractivity contribution in [2.45, 2.75) is 13.0 Å². The largest absolute Gasteiger partial charge is 0.491 e. The van der Waals surface area contributed by atoms with Crippen molar-refractivity contribution >= 4 is 34.2 Å². The summed E-state index contributed by atoms with van der Waals surface area (Å²) in [7, 11) is 0. The Kier molecular flexibility index (Phi) is 7.69. The van der Waals surface area contributed by atoms with E-state index in [0.29, 0.717) is 42.2 Å². The Morgan fingerprint density at radius 2 is 1.50 bits per heavy atom. The van der Waals surface area contributed by atoms with Gasteiger partial charge in [-0.05, 0) is 41.8 Å². The van der Waals surface area contributed by atoms with E-state index < -0.39 is 6.10 Å². The van der Waals surface area contributed by atoms with Crippen molar-refractivity contribution in [3.63, 3.8) is 0 Å². The molecule has 1 atom stereocenters. The summed E-state index contributed by atoms with van der Waals surface area (Å²) in [5.74, 6) is 0.0338. The highest BCUT2D eigenvalue weighted by atomic mass is 16.5. The van der Waals surface area contributed by atoms with Crippen molar-refractivity contribution in [3.05, 3.63) is 71.8 Å². The van der Waals surface area contributed by atoms with Gasteiger partial charge in [0.25, 0.3) is 11.8 Å². The van der Waals surface area contributed by atoms with Crippen LogP contribution in [0.4, 0.5) is 5.69 Å². The van der Waals surface area contributed by atoms with Crippen LogP contribution in [0.25, 0.3) is 10.8 Å². The van der Waals surface area contributed by atoms with Gasteiger partial charge in [0.05, 0.1) is 0 Å². The second-order valence-electron chi connectivity index (χ2n) is 9.78. The number of β-amino-alcohol motifs (C(OH)–C–C–N with tert-alkyl or cyclic N) is 1. The lowest BCUT2D eigenvalue weighted by atomic mass is 9.94. The number of aliphatic hydroxyl groups excluding tert-OH is 1. The first-order chi connectivity index (χ1) is 18.4. The van der Waals surface area contributed by atoms with Crippen molar-refractivity contribution < 1.29 is 24.2 Å². The number of anilines is 1. The number of ether oxygens (including phenoxy) is 1. The van der Waals surface area contributed by atoms with E-state index in [4.69, 9.17) is 4.74 Å². The summed E-state index contributed by atoms with van der Waals surface area (Å²) in [6.45, 7) is 6.24. The molecule has 0 saturated carbocycles. The molecular formula is C29H32N4O5. The molecule has 9 nitrogen and oxygen atoms in total. The molecule has 0 spiro atoms. The van der Waals surface area contributed by atoms with Gasteiger partial charge in [-0.3, -0.25) is 29.1 Å². The molecule has 3 aromatic rings. The number of imide groups is 1. The minimum absolute atomic E-state index is 0.133. The maximum Gasteiger partial charge on any atom is 0.261 e. The number of rotatable bonds is 9. The molecule has 2 aliphatic heterocycles. The van der Waals surface area contributed by atoms with Crippen LogP contribution in [0.2, 0.25) is 0 Å². The third-order valence-electron chi connectivity index (χ3n) is 7.05. The molecule has 0 aliphatic carbocycles. The molecule has 2 N–H and O–H groups in total. The van der Waals surface area contributed by atoms with Crippen molar-refractivity contribution in [1.29, 1.82) is 0 Å². The van der Waals surface area contributed by atoms with Crippen molar-refractivity contribution in [1.82, 2.24) is 14.7 Å². The highest BCUT2D eigenvalue weighted by Gasteiger charge is 2.33. The smallest absolute Gasteiger partial charge is 0.261 e. The number of piperazine rings is 1. The molecule has 0 unspecified atom stereocenters. The Bertz CT molecular complexity index is 1280. The van der Waals surface area contributed by atoms with Crippen LogP contribution in [0.1, 0.15) is 27.6 Å². The van der Waals surface area contributed by atoms with Gasteiger partial charge in [-0.15, -0.1) is 0 Å². The van der Waals surface area contributed by atoms with Crippen molar-refractivity contribution in [2.24, 2.45) is 0 Å². The SMILES string of the molecule is CC(=O)Nc1ccc(OC[C@H](O)CN2CCN(CCN3C(=O)c4cccc5cccc(c45)C3=O)CC2)cc1.